The molecule has 0 fully saturated rings. The third-order valence-electron chi connectivity index (χ3n) is 3.44. The van der Waals surface area contributed by atoms with E-state index in [1.807, 2.05) is 12.1 Å². The lowest BCUT2D eigenvalue weighted by Crippen LogP contribution is -2.01. The molecule has 0 radical (unpaired) electrons. The van der Waals surface area contributed by atoms with Crippen LogP contribution in [-0.4, -0.2) is 6.18 Å². The maximum atomic E-state index is 13.9. The number of rotatable bonds is 5. The molecule has 0 saturated carbocycles. The molecule has 2 aromatic rings. The van der Waals surface area contributed by atoms with Crippen molar-refractivity contribution in [2.75, 3.05) is 0 Å². The van der Waals surface area contributed by atoms with Gasteiger partial charge in [0.25, 0.3) is 0 Å². The van der Waals surface area contributed by atoms with Crippen LogP contribution in [0, 0.1) is 11.6 Å². The Morgan fingerprint density at radius 1 is 0.917 bits per heavy atom. The van der Waals surface area contributed by atoms with Crippen LogP contribution in [0.1, 0.15) is 17.5 Å². The number of hydrogen-bond donors (Lipinski definition) is 0. The highest BCUT2D eigenvalue weighted by Gasteiger charge is 2.22. The van der Waals surface area contributed by atoms with Gasteiger partial charge in [-0.05, 0) is 47.7 Å². The van der Waals surface area contributed by atoms with Crippen LogP contribution in [0.5, 0.6) is 0 Å². The predicted molar refractivity (Wildman–Crippen MR) is 85.4 cm³/mol. The molecule has 0 heterocycles. The summed E-state index contributed by atoms with van der Waals surface area (Å²) >= 11 is 0. The van der Waals surface area contributed by atoms with Crippen LogP contribution in [0.25, 0.3) is 17.2 Å². The van der Waals surface area contributed by atoms with Crippen molar-refractivity contribution in [3.05, 3.63) is 77.9 Å². The van der Waals surface area contributed by atoms with Gasteiger partial charge in [0.15, 0.2) is 0 Å². The van der Waals surface area contributed by atoms with Crippen LogP contribution in [-0.2, 0) is 6.42 Å². The Morgan fingerprint density at radius 3 is 2.00 bits per heavy atom. The number of allylic oxidation sites excluding steroid dienone is 2. The van der Waals surface area contributed by atoms with E-state index in [9.17, 15) is 22.0 Å². The van der Waals surface area contributed by atoms with Crippen LogP contribution in [0.4, 0.5) is 22.0 Å². The van der Waals surface area contributed by atoms with Gasteiger partial charge in [0.05, 0.1) is 0 Å². The molecule has 0 atom stereocenters. The van der Waals surface area contributed by atoms with Gasteiger partial charge in [0, 0.05) is 11.6 Å². The molecule has 0 unspecified atom stereocenters. The number of hydrogen-bond acceptors (Lipinski definition) is 0. The minimum atomic E-state index is -4.63. The molecule has 5 heteroatoms. The lowest BCUT2D eigenvalue weighted by molar-refractivity contribution is -0.0790. The molecule has 0 spiro atoms. The zero-order valence-corrected chi connectivity index (χ0v) is 12.7. The van der Waals surface area contributed by atoms with Gasteiger partial charge in [0.1, 0.15) is 11.6 Å². The van der Waals surface area contributed by atoms with Gasteiger partial charge < -0.3 is 0 Å². The molecule has 0 aliphatic heterocycles. The van der Waals surface area contributed by atoms with Gasteiger partial charge in [-0.1, -0.05) is 30.3 Å². The van der Waals surface area contributed by atoms with E-state index >= 15 is 0 Å². The van der Waals surface area contributed by atoms with Crippen molar-refractivity contribution in [1.82, 2.24) is 0 Å². The minimum absolute atomic E-state index is 0.192. The Labute approximate surface area is 136 Å². The number of alkyl halides is 3. The Hall–Kier alpha value is -2.43. The molecule has 0 nitrogen and oxygen atoms in total. The zero-order chi connectivity index (χ0) is 17.7. The summed E-state index contributed by atoms with van der Waals surface area (Å²) in [6, 6.07) is 9.17. The van der Waals surface area contributed by atoms with Gasteiger partial charge in [0.2, 0.25) is 0 Å². The quantitative estimate of drug-likeness (QED) is 0.442. The average molecular weight is 338 g/mol. The monoisotopic (exact) mass is 338 g/mol. The normalized spacial score (nSPS) is 11.9. The van der Waals surface area contributed by atoms with E-state index in [2.05, 4.69) is 6.58 Å². The molecule has 2 rings (SSSR count). The van der Waals surface area contributed by atoms with E-state index in [1.165, 1.54) is 0 Å². The zero-order valence-electron chi connectivity index (χ0n) is 12.7. The third kappa shape index (κ3) is 4.78. The van der Waals surface area contributed by atoms with Crippen LogP contribution >= 0.6 is 0 Å². The first-order valence-corrected chi connectivity index (χ1v) is 7.25. The SMILES string of the molecule is C=CCCc1ccc(-c2cc(F)c(/C=C/C(F)(F)F)c(F)c2)cc1. The second-order valence-corrected chi connectivity index (χ2v) is 5.25. The molecule has 2 aromatic carbocycles. The van der Waals surface area contributed by atoms with Crippen molar-refractivity contribution in [2.45, 2.75) is 19.0 Å². The molecule has 0 amide bonds. The highest BCUT2D eigenvalue weighted by Crippen LogP contribution is 2.27. The highest BCUT2D eigenvalue weighted by atomic mass is 19.4. The molecule has 24 heavy (non-hydrogen) atoms. The third-order valence-corrected chi connectivity index (χ3v) is 3.44. The summed E-state index contributed by atoms with van der Waals surface area (Å²) in [5.74, 6) is -2.08. The molecular formula is C19H15F5. The summed E-state index contributed by atoms with van der Waals surface area (Å²) in [7, 11) is 0. The van der Waals surface area contributed by atoms with Crippen LogP contribution < -0.4 is 0 Å². The van der Waals surface area contributed by atoms with Crippen molar-refractivity contribution in [1.29, 1.82) is 0 Å². The fourth-order valence-corrected chi connectivity index (χ4v) is 2.22. The summed E-state index contributed by atoms with van der Waals surface area (Å²) in [5.41, 5.74) is 1.20. The van der Waals surface area contributed by atoms with E-state index in [0.717, 1.165) is 30.5 Å². The van der Waals surface area contributed by atoms with Crippen LogP contribution in [0.3, 0.4) is 0 Å². The van der Waals surface area contributed by atoms with Crippen molar-refractivity contribution in [2.24, 2.45) is 0 Å². The van der Waals surface area contributed by atoms with Crippen LogP contribution in [0.15, 0.2) is 55.1 Å². The molecular weight excluding hydrogens is 323 g/mol. The first kappa shape index (κ1) is 17.9. The molecule has 0 aromatic heterocycles. The van der Waals surface area contributed by atoms with E-state index in [1.54, 1.807) is 18.2 Å². The predicted octanol–water partition coefficient (Wildman–Crippen LogP) is 6.33. The Morgan fingerprint density at radius 2 is 1.50 bits per heavy atom. The standard InChI is InChI=1S/C19H15F5/c1-2-3-4-13-5-7-14(8-6-13)15-11-17(20)16(18(21)12-15)9-10-19(22,23)24/h2,5-12H,1,3-4H2/b10-9+. The minimum Gasteiger partial charge on any atom is -0.206 e. The van der Waals surface area contributed by atoms with Gasteiger partial charge in [-0.3, -0.25) is 0 Å². The molecule has 0 bridgehead atoms. The van der Waals surface area contributed by atoms with E-state index in [0.29, 0.717) is 11.6 Å². The van der Waals surface area contributed by atoms with Crippen LogP contribution in [0.2, 0.25) is 0 Å². The Balaban J connectivity index is 2.29. The maximum Gasteiger partial charge on any atom is 0.409 e. The number of aryl methyl sites for hydroxylation is 1. The molecule has 126 valence electrons. The maximum absolute atomic E-state index is 13.9. The first-order chi connectivity index (χ1) is 11.3. The van der Waals surface area contributed by atoms with Gasteiger partial charge in [-0.25, -0.2) is 8.78 Å². The summed E-state index contributed by atoms with van der Waals surface area (Å²) < 4.78 is 64.3. The van der Waals surface area contributed by atoms with Crippen molar-refractivity contribution >= 4 is 6.08 Å². The summed E-state index contributed by atoms with van der Waals surface area (Å²) in [6.07, 6.45) is -0.989. The van der Waals surface area contributed by atoms with Gasteiger partial charge >= 0.3 is 6.18 Å². The second-order valence-electron chi connectivity index (χ2n) is 5.25. The van der Waals surface area contributed by atoms with E-state index < -0.39 is 23.4 Å². The molecule has 0 N–H and O–H groups in total. The average Bonchev–Trinajstić information content (AvgIpc) is 2.51. The summed E-state index contributed by atoms with van der Waals surface area (Å²) in [4.78, 5) is 0. The van der Waals surface area contributed by atoms with Crippen molar-refractivity contribution < 1.29 is 22.0 Å². The van der Waals surface area contributed by atoms with Crippen molar-refractivity contribution in [3.8, 4) is 11.1 Å². The molecule has 0 saturated heterocycles. The summed E-state index contributed by atoms with van der Waals surface area (Å²) in [5, 5.41) is 0. The smallest absolute Gasteiger partial charge is 0.206 e. The van der Waals surface area contributed by atoms with Gasteiger partial charge in [-0.2, -0.15) is 13.2 Å². The lowest BCUT2D eigenvalue weighted by atomic mass is 10.00. The number of benzene rings is 2. The van der Waals surface area contributed by atoms with E-state index in [4.69, 9.17) is 0 Å². The van der Waals surface area contributed by atoms with Crippen molar-refractivity contribution in [3.63, 3.8) is 0 Å². The Kier molecular flexibility index (Phi) is 5.54. The summed E-state index contributed by atoms with van der Waals surface area (Å²) in [6.45, 7) is 3.64. The molecule has 0 aliphatic carbocycles. The van der Waals surface area contributed by atoms with E-state index in [-0.39, 0.29) is 11.6 Å². The fourth-order valence-electron chi connectivity index (χ4n) is 2.22. The Bertz CT molecular complexity index is 716. The second kappa shape index (κ2) is 7.43. The largest absolute Gasteiger partial charge is 0.409 e. The van der Waals surface area contributed by atoms with Gasteiger partial charge in [-0.15, -0.1) is 6.58 Å². The molecule has 0 aliphatic rings. The first-order valence-electron chi connectivity index (χ1n) is 7.25. The fraction of sp³-hybridized carbons (Fsp3) is 0.158. The lowest BCUT2D eigenvalue weighted by Gasteiger charge is -2.07. The number of halogens is 5. The topological polar surface area (TPSA) is 0 Å². The highest BCUT2D eigenvalue weighted by molar-refractivity contribution is 5.67.